The van der Waals surface area contributed by atoms with E-state index in [1.54, 1.807) is 30.3 Å². The maximum atomic E-state index is 14.6. The first kappa shape index (κ1) is 25.9. The molecule has 0 aliphatic carbocycles. The molecule has 0 saturated heterocycles. The van der Waals surface area contributed by atoms with Crippen LogP contribution in [0.3, 0.4) is 0 Å². The summed E-state index contributed by atoms with van der Waals surface area (Å²) in [5.74, 6) is -1.18. The molecular formula is C24H15ClF7N3S. The van der Waals surface area contributed by atoms with Crippen LogP contribution in [-0.2, 0) is 24.3 Å². The van der Waals surface area contributed by atoms with Crippen molar-refractivity contribution in [1.82, 2.24) is 9.97 Å². The Bertz CT molecular complexity index is 1340. The number of nitrogens with one attached hydrogen (secondary N) is 1. The molecule has 0 radical (unpaired) electrons. The molecule has 2 aromatic heterocycles. The van der Waals surface area contributed by atoms with E-state index in [-0.39, 0.29) is 27.8 Å². The molecule has 1 N–H and O–H groups in total. The minimum atomic E-state index is -4.88. The second kappa shape index (κ2) is 9.70. The predicted molar refractivity (Wildman–Crippen MR) is 122 cm³/mol. The van der Waals surface area contributed by atoms with Gasteiger partial charge in [0.2, 0.25) is 0 Å². The van der Waals surface area contributed by atoms with E-state index in [4.69, 9.17) is 11.6 Å². The molecule has 1 atom stereocenters. The number of hydrogen-bond donors (Lipinski definition) is 1. The van der Waals surface area contributed by atoms with E-state index >= 15 is 0 Å². The molecule has 3 nitrogen and oxygen atoms in total. The van der Waals surface area contributed by atoms with E-state index in [1.807, 2.05) is 0 Å². The van der Waals surface area contributed by atoms with Gasteiger partial charge in [-0.1, -0.05) is 41.9 Å². The van der Waals surface area contributed by atoms with Crippen LogP contribution in [0.1, 0.15) is 28.1 Å². The molecule has 2 heterocycles. The third kappa shape index (κ3) is 5.62. The Labute approximate surface area is 209 Å². The van der Waals surface area contributed by atoms with E-state index < -0.39 is 35.0 Å². The van der Waals surface area contributed by atoms with Crippen molar-refractivity contribution in [2.45, 2.75) is 24.3 Å². The molecule has 1 unspecified atom stereocenters. The molecule has 2 aromatic carbocycles. The summed E-state index contributed by atoms with van der Waals surface area (Å²) < 4.78 is 95.1. The molecule has 12 heteroatoms. The quantitative estimate of drug-likeness (QED) is 0.250. The largest absolute Gasteiger partial charge is 0.434 e. The Kier molecular flexibility index (Phi) is 6.98. The van der Waals surface area contributed by atoms with Crippen LogP contribution in [0.4, 0.5) is 35.9 Å². The molecule has 0 fully saturated rings. The molecule has 188 valence electrons. The van der Waals surface area contributed by atoms with Gasteiger partial charge in [-0.3, -0.25) is 4.98 Å². The first-order valence-corrected chi connectivity index (χ1v) is 11.5. The molecular weight excluding hydrogens is 531 g/mol. The number of alkyl halides is 6. The van der Waals surface area contributed by atoms with Crippen LogP contribution in [0, 0.1) is 5.82 Å². The molecule has 0 aliphatic heterocycles. The zero-order chi connectivity index (χ0) is 26.1. The van der Waals surface area contributed by atoms with Gasteiger partial charge in [-0.05, 0) is 41.5 Å². The van der Waals surface area contributed by atoms with Gasteiger partial charge in [-0.15, -0.1) is 11.3 Å². The number of pyridine rings is 1. The predicted octanol–water partition coefficient (Wildman–Crippen LogP) is 7.97. The topological polar surface area (TPSA) is 37.8 Å². The number of halogens is 8. The number of anilines is 1. The Balaban J connectivity index is 1.98. The van der Waals surface area contributed by atoms with Crippen LogP contribution >= 0.6 is 22.9 Å². The smallest absolute Gasteiger partial charge is 0.346 e. The maximum absolute atomic E-state index is 14.6. The normalized spacial score (nSPS) is 13.9. The number of thiazole rings is 1. The highest BCUT2D eigenvalue weighted by Crippen LogP contribution is 2.41. The Morgan fingerprint density at radius 1 is 0.833 bits per heavy atom. The van der Waals surface area contributed by atoms with Crippen molar-refractivity contribution < 1.29 is 30.7 Å². The van der Waals surface area contributed by atoms with E-state index in [0.29, 0.717) is 23.0 Å². The molecule has 4 aromatic rings. The van der Waals surface area contributed by atoms with Crippen molar-refractivity contribution in [3.63, 3.8) is 0 Å². The minimum absolute atomic E-state index is 0.0956. The van der Waals surface area contributed by atoms with Gasteiger partial charge in [0, 0.05) is 18.0 Å². The third-order valence-corrected chi connectivity index (χ3v) is 6.29. The molecule has 0 saturated carbocycles. The average molecular weight is 546 g/mol. The first-order valence-electron chi connectivity index (χ1n) is 10.2. The summed E-state index contributed by atoms with van der Waals surface area (Å²) in [6.07, 6.45) is -8.48. The lowest BCUT2D eigenvalue weighted by atomic mass is 9.80. The highest BCUT2D eigenvalue weighted by molar-refractivity contribution is 7.13. The molecule has 0 amide bonds. The van der Waals surface area contributed by atoms with Gasteiger partial charge in [0.15, 0.2) is 10.8 Å². The monoisotopic (exact) mass is 545 g/mol. The van der Waals surface area contributed by atoms with Crippen LogP contribution in [0.5, 0.6) is 0 Å². The Morgan fingerprint density at radius 3 is 2.11 bits per heavy atom. The molecule has 36 heavy (non-hydrogen) atoms. The van der Waals surface area contributed by atoms with Crippen LogP contribution in [0.2, 0.25) is 5.02 Å². The van der Waals surface area contributed by atoms with Gasteiger partial charge in [-0.25, -0.2) is 9.37 Å². The number of rotatable bonds is 6. The van der Waals surface area contributed by atoms with Crippen molar-refractivity contribution in [2.75, 3.05) is 5.32 Å². The lowest BCUT2D eigenvalue weighted by molar-refractivity contribution is -0.140. The summed E-state index contributed by atoms with van der Waals surface area (Å²) in [5.41, 5.74) is -3.72. The summed E-state index contributed by atoms with van der Waals surface area (Å²) in [4.78, 5) is 7.84. The van der Waals surface area contributed by atoms with Crippen molar-refractivity contribution in [2.24, 2.45) is 0 Å². The fourth-order valence-corrected chi connectivity index (χ4v) is 4.60. The van der Waals surface area contributed by atoms with Gasteiger partial charge in [0.1, 0.15) is 11.4 Å². The van der Waals surface area contributed by atoms with E-state index in [0.717, 1.165) is 17.5 Å². The Hall–Kier alpha value is -3.18. The summed E-state index contributed by atoms with van der Waals surface area (Å²) in [7, 11) is 0. The zero-order valence-electron chi connectivity index (χ0n) is 18.0. The van der Waals surface area contributed by atoms with Crippen molar-refractivity contribution >= 4 is 28.1 Å². The molecule has 0 aliphatic rings. The fraction of sp³-hybridized carbons (Fsp3) is 0.167. The van der Waals surface area contributed by atoms with Gasteiger partial charge in [-0.2, -0.15) is 26.3 Å². The van der Waals surface area contributed by atoms with Crippen molar-refractivity contribution in [3.05, 3.63) is 111 Å². The molecule has 4 rings (SSSR count). The number of nitrogens with zero attached hydrogens (tertiary/aromatic N) is 2. The van der Waals surface area contributed by atoms with E-state index in [9.17, 15) is 30.7 Å². The summed E-state index contributed by atoms with van der Waals surface area (Å²) in [6.45, 7) is 0. The zero-order valence-corrected chi connectivity index (χ0v) is 19.5. The molecule has 0 bridgehead atoms. The molecule has 0 spiro atoms. The number of hydrogen-bond acceptors (Lipinski definition) is 4. The number of benzene rings is 2. The SMILES string of the molecule is Fc1cc(C(F)(F)F)cc(C(Cc2ccccc2)(Nc2nc(C(F)(F)F)cs2)c2ccc(Cl)cn2)c1. The highest BCUT2D eigenvalue weighted by Gasteiger charge is 2.41. The lowest BCUT2D eigenvalue weighted by Gasteiger charge is -2.36. The van der Waals surface area contributed by atoms with E-state index in [2.05, 4.69) is 15.3 Å². The average Bonchev–Trinajstić information content (AvgIpc) is 3.28. The van der Waals surface area contributed by atoms with Crippen LogP contribution in [-0.4, -0.2) is 9.97 Å². The second-order valence-electron chi connectivity index (χ2n) is 7.82. The second-order valence-corrected chi connectivity index (χ2v) is 9.11. The minimum Gasteiger partial charge on any atom is -0.346 e. The Morgan fingerprint density at radius 2 is 1.53 bits per heavy atom. The van der Waals surface area contributed by atoms with Crippen LogP contribution in [0.25, 0.3) is 0 Å². The fourth-order valence-electron chi connectivity index (χ4n) is 3.69. The van der Waals surface area contributed by atoms with Crippen molar-refractivity contribution in [1.29, 1.82) is 0 Å². The van der Waals surface area contributed by atoms with Crippen molar-refractivity contribution in [3.8, 4) is 0 Å². The summed E-state index contributed by atoms with van der Waals surface area (Å²) >= 11 is 6.57. The standard InChI is InChI=1S/C24H15ClF7N3S/c25-17-6-7-19(33-12-17)22(11-14-4-2-1-3-5-14,35-21-34-20(13-36-21)24(30,31)32)15-8-16(23(27,28)29)10-18(26)9-15/h1-10,12-13H,11H2,(H,34,35). The van der Waals surface area contributed by atoms with Gasteiger partial charge in [0.05, 0.1) is 16.3 Å². The summed E-state index contributed by atoms with van der Waals surface area (Å²) in [6, 6.07) is 13.3. The number of aromatic nitrogens is 2. The maximum Gasteiger partial charge on any atom is 0.434 e. The summed E-state index contributed by atoms with van der Waals surface area (Å²) in [5, 5.41) is 3.61. The first-order chi connectivity index (χ1) is 16.9. The van der Waals surface area contributed by atoms with Gasteiger partial charge in [0.25, 0.3) is 0 Å². The highest BCUT2D eigenvalue weighted by atomic mass is 35.5. The van der Waals surface area contributed by atoms with Gasteiger partial charge >= 0.3 is 12.4 Å². The van der Waals surface area contributed by atoms with Crippen LogP contribution in [0.15, 0.2) is 72.2 Å². The van der Waals surface area contributed by atoms with Crippen LogP contribution < -0.4 is 5.32 Å². The third-order valence-electron chi connectivity index (χ3n) is 5.31. The van der Waals surface area contributed by atoms with E-state index in [1.165, 1.54) is 18.3 Å². The lowest BCUT2D eigenvalue weighted by Crippen LogP contribution is -2.40. The van der Waals surface area contributed by atoms with Gasteiger partial charge < -0.3 is 5.32 Å².